The molecule has 10 aromatic carbocycles. The molecule has 0 saturated carbocycles. The fourth-order valence-electron chi connectivity index (χ4n) is 8.86. The minimum absolute atomic E-state index is 0.101. The summed E-state index contributed by atoms with van der Waals surface area (Å²) >= 11 is 0. The fraction of sp³-hybridized carbons (Fsp3) is 0.138. The van der Waals surface area contributed by atoms with E-state index >= 15 is 0 Å². The van der Waals surface area contributed by atoms with E-state index in [1.54, 1.807) is 0 Å². The van der Waals surface area contributed by atoms with Gasteiger partial charge in [0.05, 0.1) is 13.2 Å². The highest BCUT2D eigenvalue weighted by Gasteiger charge is 2.21. The molecule has 2 N–H and O–H groups in total. The second-order valence-electron chi connectivity index (χ2n) is 15.8. The summed E-state index contributed by atoms with van der Waals surface area (Å²) in [4.78, 5) is 0. The Balaban J connectivity index is 0.905. The number of hydrogen-bond donors (Lipinski definition) is 2. The van der Waals surface area contributed by atoms with Crippen molar-refractivity contribution in [3.63, 3.8) is 0 Å². The molecule has 8 nitrogen and oxygen atoms in total. The fourth-order valence-corrected chi connectivity index (χ4v) is 8.86. The van der Waals surface area contributed by atoms with Crippen molar-refractivity contribution in [3.05, 3.63) is 182 Å². The normalized spacial score (nSPS) is 11.4. The van der Waals surface area contributed by atoms with Gasteiger partial charge in [-0.15, -0.1) is 0 Å². The van der Waals surface area contributed by atoms with Gasteiger partial charge in [-0.05, 0) is 90.3 Å². The van der Waals surface area contributed by atoms with Crippen LogP contribution in [-0.4, -0.2) is 63.1 Å². The van der Waals surface area contributed by atoms with Crippen LogP contribution in [0, 0.1) is 0 Å². The van der Waals surface area contributed by atoms with Gasteiger partial charge in [-0.2, -0.15) is 0 Å². The van der Waals surface area contributed by atoms with Crippen molar-refractivity contribution in [1.29, 1.82) is 0 Å². The van der Waals surface area contributed by atoms with E-state index in [0.29, 0.717) is 34.5 Å². The van der Waals surface area contributed by atoms with Crippen molar-refractivity contribution >= 4 is 53.9 Å². The minimum Gasteiger partial charge on any atom is -0.491 e. The number of rotatable bonds is 18. The van der Waals surface area contributed by atoms with Gasteiger partial charge in [-0.3, -0.25) is 0 Å². The lowest BCUT2D eigenvalue weighted by Gasteiger charge is -2.20. The van der Waals surface area contributed by atoms with Crippen LogP contribution >= 0.6 is 0 Å². The molecule has 0 heterocycles. The molecule has 0 spiro atoms. The Hall–Kier alpha value is -7.78. The first-order chi connectivity index (χ1) is 32.7. The van der Waals surface area contributed by atoms with Gasteiger partial charge >= 0.3 is 0 Å². The van der Waals surface area contributed by atoms with Crippen molar-refractivity contribution in [2.45, 2.75) is 0 Å². The molecule has 66 heavy (non-hydrogen) atoms. The third-order valence-corrected chi connectivity index (χ3v) is 11.8. The number of aliphatic hydroxyl groups is 2. The lowest BCUT2D eigenvalue weighted by molar-refractivity contribution is 0.192. The molecule has 0 aliphatic rings. The topological polar surface area (TPSA) is 95.8 Å². The van der Waals surface area contributed by atoms with E-state index < -0.39 is 0 Å². The standard InChI is InChI=1S/C58H48O8/c59-29-31-61-49-25-21-39-11-3-7-17-45(39)55(49)57-47-19-9-5-13-41(47)23-27-51(57)63-33-35-65-53-37-43-15-1-2-16-44(43)38-54(53)66-36-34-64-52-28-24-42-14-6-10-20-48(42)58(52)56-46-18-8-4-12-40(46)22-26-50(56)62-32-30-60/h1-28,37-38,59-60H,29-36H2. The van der Waals surface area contributed by atoms with Gasteiger partial charge in [-0.25, -0.2) is 0 Å². The lowest BCUT2D eigenvalue weighted by atomic mass is 9.92. The largest absolute Gasteiger partial charge is 0.491 e. The average Bonchev–Trinajstić information content (AvgIpc) is 3.37. The first kappa shape index (κ1) is 42.2. The molecule has 10 aromatic rings. The van der Waals surface area contributed by atoms with Crippen LogP contribution in [0.3, 0.4) is 0 Å². The summed E-state index contributed by atoms with van der Waals surface area (Å²) in [5.74, 6) is 3.92. The van der Waals surface area contributed by atoms with E-state index in [1.165, 1.54) is 0 Å². The van der Waals surface area contributed by atoms with E-state index in [-0.39, 0.29) is 52.9 Å². The maximum atomic E-state index is 9.70. The molecule has 0 aliphatic carbocycles. The van der Waals surface area contributed by atoms with E-state index in [2.05, 4.69) is 72.8 Å². The Kier molecular flexibility index (Phi) is 12.5. The molecule has 0 fully saturated rings. The minimum atomic E-state index is -0.101. The number of fused-ring (bicyclic) bond motifs is 5. The highest BCUT2D eigenvalue weighted by Crippen LogP contribution is 2.47. The van der Waals surface area contributed by atoms with Crippen LogP contribution in [-0.2, 0) is 0 Å². The van der Waals surface area contributed by atoms with Crippen molar-refractivity contribution in [1.82, 2.24) is 0 Å². The summed E-state index contributed by atoms with van der Waals surface area (Å²) < 4.78 is 38.6. The quantitative estimate of drug-likeness (QED) is 0.0823. The smallest absolute Gasteiger partial charge is 0.161 e. The van der Waals surface area contributed by atoms with Gasteiger partial charge in [0, 0.05) is 22.3 Å². The highest BCUT2D eigenvalue weighted by atomic mass is 16.6. The first-order valence-corrected chi connectivity index (χ1v) is 22.3. The predicted octanol–water partition coefficient (Wildman–Crippen LogP) is 12.4. The van der Waals surface area contributed by atoms with E-state index in [0.717, 1.165) is 76.1 Å². The Morgan fingerprint density at radius 3 is 0.773 bits per heavy atom. The van der Waals surface area contributed by atoms with Gasteiger partial charge in [-0.1, -0.05) is 146 Å². The number of benzene rings is 10. The zero-order valence-corrected chi connectivity index (χ0v) is 36.3. The molecular weight excluding hydrogens is 825 g/mol. The van der Waals surface area contributed by atoms with Gasteiger partial charge in [0.1, 0.15) is 62.6 Å². The van der Waals surface area contributed by atoms with Crippen LogP contribution in [0.25, 0.3) is 76.1 Å². The van der Waals surface area contributed by atoms with Gasteiger partial charge in [0.25, 0.3) is 0 Å². The number of ether oxygens (including phenoxy) is 6. The Morgan fingerprint density at radius 2 is 0.485 bits per heavy atom. The Labute approximate surface area is 382 Å². The average molecular weight is 873 g/mol. The summed E-state index contributed by atoms with van der Waals surface area (Å²) in [5.41, 5.74) is 3.64. The number of aliphatic hydroxyl groups excluding tert-OH is 2. The molecule has 10 rings (SSSR count). The molecule has 0 atom stereocenters. The monoisotopic (exact) mass is 872 g/mol. The molecule has 8 heteroatoms. The molecule has 0 bridgehead atoms. The van der Waals surface area contributed by atoms with Crippen LogP contribution in [0.2, 0.25) is 0 Å². The van der Waals surface area contributed by atoms with Crippen LogP contribution in [0.4, 0.5) is 0 Å². The summed E-state index contributed by atoms with van der Waals surface area (Å²) in [6.07, 6.45) is 0. The first-order valence-electron chi connectivity index (χ1n) is 22.3. The van der Waals surface area contributed by atoms with Crippen LogP contribution in [0.1, 0.15) is 0 Å². The van der Waals surface area contributed by atoms with Crippen molar-refractivity contribution in [2.75, 3.05) is 52.9 Å². The third kappa shape index (κ3) is 8.60. The molecule has 328 valence electrons. The predicted molar refractivity (Wildman–Crippen MR) is 265 cm³/mol. The maximum absolute atomic E-state index is 9.70. The summed E-state index contributed by atoms with van der Waals surface area (Å²) in [7, 11) is 0. The van der Waals surface area contributed by atoms with E-state index in [4.69, 9.17) is 28.4 Å². The van der Waals surface area contributed by atoms with Crippen LogP contribution in [0.5, 0.6) is 34.5 Å². The second kappa shape index (κ2) is 19.5. The second-order valence-corrected chi connectivity index (χ2v) is 15.8. The van der Waals surface area contributed by atoms with E-state index in [9.17, 15) is 10.2 Å². The lowest BCUT2D eigenvalue weighted by Crippen LogP contribution is -2.13. The maximum Gasteiger partial charge on any atom is 0.161 e. The zero-order valence-electron chi connectivity index (χ0n) is 36.3. The van der Waals surface area contributed by atoms with Gasteiger partial charge in [0.15, 0.2) is 11.5 Å². The third-order valence-electron chi connectivity index (χ3n) is 11.8. The van der Waals surface area contributed by atoms with Crippen molar-refractivity contribution in [3.8, 4) is 56.8 Å². The molecule has 0 saturated heterocycles. The molecule has 0 radical (unpaired) electrons. The van der Waals surface area contributed by atoms with Crippen LogP contribution in [0.15, 0.2) is 182 Å². The molecular formula is C58H48O8. The van der Waals surface area contributed by atoms with Crippen molar-refractivity contribution in [2.24, 2.45) is 0 Å². The Bertz CT molecular complexity index is 3100. The van der Waals surface area contributed by atoms with Crippen molar-refractivity contribution < 1.29 is 38.6 Å². The highest BCUT2D eigenvalue weighted by molar-refractivity contribution is 6.11. The molecule has 0 amide bonds. The van der Waals surface area contributed by atoms with Gasteiger partial charge < -0.3 is 38.6 Å². The SMILES string of the molecule is OCCOc1ccc2ccccc2c1-c1c(OCCOc2cc3ccccc3cc2OCCOc2ccc3ccccc3c2-c2c(OCCO)ccc3ccccc23)ccc2ccccc12. The summed E-state index contributed by atoms with van der Waals surface area (Å²) in [6, 6.07) is 61.2. The summed E-state index contributed by atoms with van der Waals surface area (Å²) in [5, 5.41) is 29.8. The molecule has 0 aromatic heterocycles. The summed E-state index contributed by atoms with van der Waals surface area (Å²) in [6.45, 7) is 1.12. The molecule has 0 unspecified atom stereocenters. The van der Waals surface area contributed by atoms with Gasteiger partial charge in [0.2, 0.25) is 0 Å². The number of hydrogen-bond acceptors (Lipinski definition) is 8. The van der Waals surface area contributed by atoms with E-state index in [1.807, 2.05) is 109 Å². The Morgan fingerprint density at radius 1 is 0.242 bits per heavy atom. The molecule has 0 aliphatic heterocycles. The van der Waals surface area contributed by atoms with Crippen LogP contribution < -0.4 is 28.4 Å². The zero-order chi connectivity index (χ0) is 44.7.